The number of benzene rings is 3. The van der Waals surface area contributed by atoms with Crippen molar-refractivity contribution in [3.05, 3.63) is 83.7 Å². The Hall–Kier alpha value is -3.39. The van der Waals surface area contributed by atoms with E-state index in [0.717, 1.165) is 35.4 Å². The molecule has 0 aliphatic heterocycles. The van der Waals surface area contributed by atoms with E-state index in [1.165, 1.54) is 13.2 Å². The summed E-state index contributed by atoms with van der Waals surface area (Å²) in [7, 11) is -2.57. The van der Waals surface area contributed by atoms with Gasteiger partial charge in [-0.1, -0.05) is 29.8 Å². The molecule has 3 aromatic carbocycles. The minimum Gasteiger partial charge on any atom is -0.495 e. The minimum absolute atomic E-state index is 0.0974. The van der Waals surface area contributed by atoms with Crippen LogP contribution in [0.15, 0.2) is 71.6 Å². The largest absolute Gasteiger partial charge is 0.495 e. The maximum absolute atomic E-state index is 13.1. The van der Waals surface area contributed by atoms with Gasteiger partial charge in [0.05, 0.1) is 24.1 Å². The van der Waals surface area contributed by atoms with Crippen LogP contribution >= 0.6 is 0 Å². The molecule has 0 saturated heterocycles. The van der Waals surface area contributed by atoms with Crippen LogP contribution in [-0.4, -0.2) is 21.4 Å². The summed E-state index contributed by atoms with van der Waals surface area (Å²) in [4.78, 5) is 12.3. The van der Waals surface area contributed by atoms with Crippen molar-refractivity contribution in [2.24, 2.45) is 0 Å². The van der Waals surface area contributed by atoms with E-state index in [2.05, 4.69) is 10.0 Å². The summed E-state index contributed by atoms with van der Waals surface area (Å²) < 4.78 is 45.9. The lowest BCUT2D eigenvalue weighted by molar-refractivity contribution is -0.115. The van der Waals surface area contributed by atoms with Gasteiger partial charge in [0.15, 0.2) is 0 Å². The van der Waals surface area contributed by atoms with E-state index in [4.69, 9.17) is 4.74 Å². The Kier molecular flexibility index (Phi) is 6.37. The molecule has 30 heavy (non-hydrogen) atoms. The third kappa shape index (κ3) is 5.36. The Labute approximate surface area is 174 Å². The second kappa shape index (κ2) is 8.96. The molecule has 0 unspecified atom stereocenters. The van der Waals surface area contributed by atoms with Crippen LogP contribution in [0.3, 0.4) is 0 Å². The Morgan fingerprint density at radius 2 is 1.67 bits per heavy atom. The number of ether oxygens (including phenoxy) is 1. The summed E-state index contributed by atoms with van der Waals surface area (Å²) in [5.74, 6) is -0.501. The summed E-state index contributed by atoms with van der Waals surface area (Å²) in [6, 6.07) is 16.7. The molecule has 6 nitrogen and oxygen atoms in total. The molecule has 0 aliphatic carbocycles. The fourth-order valence-electron chi connectivity index (χ4n) is 2.78. The molecule has 156 valence electrons. The standard InChI is InChI=1S/C22H21FN2O4S/c1-15-3-5-16(6-4-15)13-22(26)24-18-9-12-21(29-2)20(14-18)25-30(27,28)19-10-7-17(23)8-11-19/h3-12,14,25H,13H2,1-2H3,(H,24,26). The summed E-state index contributed by atoms with van der Waals surface area (Å²) in [6.07, 6.45) is 0.183. The molecule has 0 aromatic heterocycles. The summed E-state index contributed by atoms with van der Waals surface area (Å²) in [5.41, 5.74) is 2.52. The second-order valence-electron chi connectivity index (χ2n) is 6.69. The van der Waals surface area contributed by atoms with E-state index < -0.39 is 15.8 Å². The molecule has 1 amide bonds. The average molecular weight is 428 g/mol. The topological polar surface area (TPSA) is 84.5 Å². The van der Waals surface area contributed by atoms with Crippen molar-refractivity contribution < 1.29 is 22.3 Å². The number of halogens is 1. The van der Waals surface area contributed by atoms with Gasteiger partial charge in [-0.3, -0.25) is 9.52 Å². The Morgan fingerprint density at radius 3 is 2.30 bits per heavy atom. The van der Waals surface area contributed by atoms with Crippen molar-refractivity contribution in [3.63, 3.8) is 0 Å². The molecule has 0 bridgehead atoms. The molecule has 3 rings (SSSR count). The number of hydrogen-bond donors (Lipinski definition) is 2. The number of nitrogens with one attached hydrogen (secondary N) is 2. The molecule has 0 heterocycles. The van der Waals surface area contributed by atoms with E-state index in [1.54, 1.807) is 12.1 Å². The molecule has 3 aromatic rings. The number of rotatable bonds is 7. The molecule has 0 fully saturated rings. The highest BCUT2D eigenvalue weighted by Gasteiger charge is 2.17. The van der Waals surface area contributed by atoms with Crippen LogP contribution in [-0.2, 0) is 21.2 Å². The van der Waals surface area contributed by atoms with Gasteiger partial charge in [0.2, 0.25) is 5.91 Å². The van der Waals surface area contributed by atoms with Gasteiger partial charge in [-0.2, -0.15) is 0 Å². The number of carbonyl (C=O) groups is 1. The first-order valence-electron chi connectivity index (χ1n) is 9.08. The van der Waals surface area contributed by atoms with Crippen molar-refractivity contribution in [2.45, 2.75) is 18.2 Å². The maximum Gasteiger partial charge on any atom is 0.262 e. The van der Waals surface area contributed by atoms with Gasteiger partial charge in [-0.15, -0.1) is 0 Å². The van der Waals surface area contributed by atoms with Gasteiger partial charge >= 0.3 is 0 Å². The number of methoxy groups -OCH3 is 1. The number of carbonyl (C=O) groups excluding carboxylic acids is 1. The van der Waals surface area contributed by atoms with Crippen molar-refractivity contribution in [1.29, 1.82) is 0 Å². The van der Waals surface area contributed by atoms with Crippen molar-refractivity contribution in [2.75, 3.05) is 17.1 Å². The van der Waals surface area contributed by atoms with E-state index in [-0.39, 0.29) is 28.7 Å². The molecule has 0 aliphatic rings. The van der Waals surface area contributed by atoms with Gasteiger partial charge in [-0.05, 0) is 55.0 Å². The first-order chi connectivity index (χ1) is 14.3. The van der Waals surface area contributed by atoms with Gasteiger partial charge in [-0.25, -0.2) is 12.8 Å². The van der Waals surface area contributed by atoms with Gasteiger partial charge < -0.3 is 10.1 Å². The third-order valence-corrected chi connectivity index (χ3v) is 5.72. The lowest BCUT2D eigenvalue weighted by atomic mass is 10.1. The Bertz CT molecular complexity index is 1140. The van der Waals surface area contributed by atoms with Crippen molar-refractivity contribution >= 4 is 27.3 Å². The zero-order chi connectivity index (χ0) is 21.7. The zero-order valence-corrected chi connectivity index (χ0v) is 17.3. The zero-order valence-electron chi connectivity index (χ0n) is 16.5. The Balaban J connectivity index is 1.78. The highest BCUT2D eigenvalue weighted by atomic mass is 32.2. The molecule has 0 spiro atoms. The first kappa shape index (κ1) is 21.3. The van der Waals surface area contributed by atoms with Crippen LogP contribution in [0, 0.1) is 12.7 Å². The van der Waals surface area contributed by atoms with Crippen molar-refractivity contribution in [1.82, 2.24) is 0 Å². The van der Waals surface area contributed by atoms with Crippen LogP contribution < -0.4 is 14.8 Å². The maximum atomic E-state index is 13.1. The second-order valence-corrected chi connectivity index (χ2v) is 8.37. The van der Waals surface area contributed by atoms with Crippen LogP contribution in [0.4, 0.5) is 15.8 Å². The predicted octanol–water partition coefficient (Wildman–Crippen LogP) is 4.12. The van der Waals surface area contributed by atoms with Crippen LogP contribution in [0.25, 0.3) is 0 Å². The fraction of sp³-hybridized carbons (Fsp3) is 0.136. The quantitative estimate of drug-likeness (QED) is 0.593. The number of sulfonamides is 1. The summed E-state index contributed by atoms with van der Waals surface area (Å²) in [5, 5.41) is 2.75. The highest BCUT2D eigenvalue weighted by molar-refractivity contribution is 7.92. The lowest BCUT2D eigenvalue weighted by Gasteiger charge is -2.14. The van der Waals surface area contributed by atoms with Crippen LogP contribution in [0.2, 0.25) is 0 Å². The van der Waals surface area contributed by atoms with Crippen molar-refractivity contribution in [3.8, 4) is 5.75 Å². The Morgan fingerprint density at radius 1 is 1.00 bits per heavy atom. The number of aryl methyl sites for hydroxylation is 1. The lowest BCUT2D eigenvalue weighted by Crippen LogP contribution is -2.16. The monoisotopic (exact) mass is 428 g/mol. The molecule has 0 saturated carbocycles. The van der Waals surface area contributed by atoms with E-state index in [1.807, 2.05) is 31.2 Å². The molecule has 0 radical (unpaired) electrons. The molecule has 8 heteroatoms. The average Bonchev–Trinajstić information content (AvgIpc) is 2.70. The SMILES string of the molecule is COc1ccc(NC(=O)Cc2ccc(C)cc2)cc1NS(=O)(=O)c1ccc(F)cc1. The normalized spacial score (nSPS) is 11.0. The predicted molar refractivity (Wildman–Crippen MR) is 114 cm³/mol. The van der Waals surface area contributed by atoms with E-state index in [9.17, 15) is 17.6 Å². The van der Waals surface area contributed by atoms with Gasteiger partial charge in [0.1, 0.15) is 11.6 Å². The molecular weight excluding hydrogens is 407 g/mol. The van der Waals surface area contributed by atoms with E-state index >= 15 is 0 Å². The summed E-state index contributed by atoms with van der Waals surface area (Å²) >= 11 is 0. The molecule has 0 atom stereocenters. The van der Waals surface area contributed by atoms with Gasteiger partial charge in [0.25, 0.3) is 10.0 Å². The number of anilines is 2. The third-order valence-electron chi connectivity index (χ3n) is 4.34. The first-order valence-corrected chi connectivity index (χ1v) is 10.6. The number of amides is 1. The van der Waals surface area contributed by atoms with Gasteiger partial charge in [0, 0.05) is 5.69 Å². The van der Waals surface area contributed by atoms with Crippen LogP contribution in [0.5, 0.6) is 5.75 Å². The van der Waals surface area contributed by atoms with Crippen LogP contribution in [0.1, 0.15) is 11.1 Å². The smallest absolute Gasteiger partial charge is 0.262 e. The fourth-order valence-corrected chi connectivity index (χ4v) is 3.84. The van der Waals surface area contributed by atoms with E-state index in [0.29, 0.717) is 5.69 Å². The number of hydrogen-bond acceptors (Lipinski definition) is 4. The highest BCUT2D eigenvalue weighted by Crippen LogP contribution is 2.30. The molecule has 2 N–H and O–H groups in total. The minimum atomic E-state index is -3.97. The molecular formula is C22H21FN2O4S. The summed E-state index contributed by atoms with van der Waals surface area (Å²) in [6.45, 7) is 1.97.